The molecule has 1 aromatic carbocycles. The highest BCUT2D eigenvalue weighted by molar-refractivity contribution is 5.94. The summed E-state index contributed by atoms with van der Waals surface area (Å²) < 4.78 is 1.76. The van der Waals surface area contributed by atoms with Gasteiger partial charge in [-0.15, -0.1) is 12.4 Å². The van der Waals surface area contributed by atoms with Crippen molar-refractivity contribution in [1.29, 1.82) is 0 Å². The van der Waals surface area contributed by atoms with Crippen LogP contribution in [0.3, 0.4) is 0 Å². The highest BCUT2D eigenvalue weighted by Crippen LogP contribution is 2.28. The number of benzene rings is 1. The fourth-order valence-corrected chi connectivity index (χ4v) is 3.58. The molecule has 3 N–H and O–H groups in total. The summed E-state index contributed by atoms with van der Waals surface area (Å²) >= 11 is 0. The van der Waals surface area contributed by atoms with Crippen molar-refractivity contribution >= 4 is 24.2 Å². The lowest BCUT2D eigenvalue weighted by molar-refractivity contribution is -0.125. The average molecular weight is 404 g/mol. The first-order valence-corrected chi connectivity index (χ1v) is 9.47. The van der Waals surface area contributed by atoms with Gasteiger partial charge in [0.15, 0.2) is 0 Å². The summed E-state index contributed by atoms with van der Waals surface area (Å²) in [4.78, 5) is 24.9. The Morgan fingerprint density at radius 3 is 2.82 bits per heavy atom. The van der Waals surface area contributed by atoms with Crippen molar-refractivity contribution in [2.45, 2.75) is 31.3 Å². The van der Waals surface area contributed by atoms with Crippen LogP contribution in [0, 0.1) is 5.92 Å². The van der Waals surface area contributed by atoms with E-state index in [9.17, 15) is 9.59 Å². The number of amides is 2. The summed E-state index contributed by atoms with van der Waals surface area (Å²) in [5.41, 5.74) is 2.65. The van der Waals surface area contributed by atoms with Gasteiger partial charge in [-0.1, -0.05) is 12.1 Å². The number of nitrogens with zero attached hydrogens (tertiary/aromatic N) is 2. The topological polar surface area (TPSA) is 88.0 Å². The van der Waals surface area contributed by atoms with Gasteiger partial charge >= 0.3 is 0 Å². The van der Waals surface area contributed by atoms with Gasteiger partial charge in [-0.05, 0) is 36.1 Å². The average Bonchev–Trinajstić information content (AvgIpc) is 3.17. The van der Waals surface area contributed by atoms with Gasteiger partial charge in [0.05, 0.1) is 12.1 Å². The lowest BCUT2D eigenvalue weighted by Gasteiger charge is -2.17. The minimum atomic E-state index is -0.115. The summed E-state index contributed by atoms with van der Waals surface area (Å²) in [5, 5.41) is 13.5. The van der Waals surface area contributed by atoms with Crippen LogP contribution in [0.5, 0.6) is 0 Å². The fourth-order valence-electron chi connectivity index (χ4n) is 3.58. The quantitative estimate of drug-likeness (QED) is 0.679. The number of carbonyl (C=O) groups is 2. The molecule has 2 atom stereocenters. The Labute approximate surface area is 170 Å². The van der Waals surface area contributed by atoms with Gasteiger partial charge in [0.25, 0.3) is 5.91 Å². The second kappa shape index (κ2) is 8.75. The second-order valence-electron chi connectivity index (χ2n) is 7.48. The predicted octanol–water partition coefficient (Wildman–Crippen LogP) is 1.35. The highest BCUT2D eigenvalue weighted by Gasteiger charge is 2.34. The number of nitrogens with one attached hydrogen (secondary N) is 3. The number of hydrogen-bond donors (Lipinski definition) is 3. The molecule has 2 aliphatic rings. The first-order valence-electron chi connectivity index (χ1n) is 9.47. The zero-order chi connectivity index (χ0) is 18.8. The third-order valence-electron chi connectivity index (χ3n) is 5.27. The van der Waals surface area contributed by atoms with E-state index in [2.05, 4.69) is 21.0 Å². The number of halogens is 1. The van der Waals surface area contributed by atoms with Crippen LogP contribution in [0.1, 0.15) is 40.2 Å². The Kier molecular flexibility index (Phi) is 6.36. The van der Waals surface area contributed by atoms with Crippen LogP contribution in [0.2, 0.25) is 0 Å². The summed E-state index contributed by atoms with van der Waals surface area (Å²) in [6.07, 6.45) is 5.93. The van der Waals surface area contributed by atoms with E-state index >= 15 is 0 Å². The summed E-state index contributed by atoms with van der Waals surface area (Å²) in [6, 6.07) is 7.78. The molecule has 1 aliphatic carbocycles. The van der Waals surface area contributed by atoms with Crippen molar-refractivity contribution in [2.75, 3.05) is 13.1 Å². The van der Waals surface area contributed by atoms with Crippen LogP contribution in [-0.2, 0) is 18.4 Å². The minimum absolute atomic E-state index is 0. The number of hydrogen-bond acceptors (Lipinski definition) is 4. The molecular weight excluding hydrogens is 378 g/mol. The third-order valence-corrected chi connectivity index (χ3v) is 5.27. The molecule has 0 radical (unpaired) electrons. The van der Waals surface area contributed by atoms with Crippen molar-refractivity contribution in [2.24, 2.45) is 13.0 Å². The number of carbonyl (C=O) groups excluding carboxylic acids is 2. The molecule has 2 fully saturated rings. The van der Waals surface area contributed by atoms with Gasteiger partial charge < -0.3 is 16.0 Å². The molecule has 1 saturated carbocycles. The van der Waals surface area contributed by atoms with Gasteiger partial charge in [0, 0.05) is 50.4 Å². The van der Waals surface area contributed by atoms with Crippen molar-refractivity contribution < 1.29 is 9.59 Å². The molecule has 0 bridgehead atoms. The van der Waals surface area contributed by atoms with Crippen molar-refractivity contribution in [3.05, 3.63) is 53.3 Å². The van der Waals surface area contributed by atoms with Gasteiger partial charge in [-0.2, -0.15) is 5.10 Å². The van der Waals surface area contributed by atoms with Crippen LogP contribution >= 0.6 is 12.4 Å². The molecule has 4 rings (SSSR count). The number of rotatable bonds is 6. The van der Waals surface area contributed by atoms with E-state index in [1.807, 2.05) is 43.7 Å². The van der Waals surface area contributed by atoms with E-state index in [4.69, 9.17) is 0 Å². The van der Waals surface area contributed by atoms with Gasteiger partial charge in [0.1, 0.15) is 0 Å². The molecule has 0 spiro atoms. The molecule has 1 aliphatic heterocycles. The van der Waals surface area contributed by atoms with Crippen LogP contribution in [0.25, 0.3) is 0 Å². The van der Waals surface area contributed by atoms with Crippen LogP contribution < -0.4 is 16.0 Å². The Bertz CT molecular complexity index is 849. The van der Waals surface area contributed by atoms with E-state index in [1.54, 1.807) is 4.68 Å². The molecule has 1 saturated heterocycles. The maximum Gasteiger partial charge on any atom is 0.251 e. The normalized spacial score (nSPS) is 21.0. The summed E-state index contributed by atoms with van der Waals surface area (Å²) in [6.45, 7) is 1.86. The summed E-state index contributed by atoms with van der Waals surface area (Å²) in [7, 11) is 1.88. The number of aromatic nitrogens is 2. The SMILES string of the molecule is Cl.Cn1cc([C@H]2CNC[C@@H]2C(=O)NCc2cccc(C(=O)NC3CC3)c2)cn1. The second-order valence-corrected chi connectivity index (χ2v) is 7.48. The zero-order valence-corrected chi connectivity index (χ0v) is 16.7. The molecule has 2 heterocycles. The Morgan fingerprint density at radius 1 is 1.29 bits per heavy atom. The van der Waals surface area contributed by atoms with E-state index in [0.717, 1.165) is 30.5 Å². The van der Waals surface area contributed by atoms with Crippen LogP contribution in [0.4, 0.5) is 0 Å². The van der Waals surface area contributed by atoms with E-state index < -0.39 is 0 Å². The molecule has 150 valence electrons. The smallest absolute Gasteiger partial charge is 0.251 e. The monoisotopic (exact) mass is 403 g/mol. The van der Waals surface area contributed by atoms with Crippen LogP contribution in [-0.4, -0.2) is 40.7 Å². The Balaban J connectivity index is 0.00000225. The first-order chi connectivity index (χ1) is 13.1. The Hall–Kier alpha value is -2.38. The standard InChI is InChI=1S/C20H25N5O2.ClH/c1-25-12-15(9-23-25)17-10-21-11-18(17)20(27)22-8-13-3-2-4-14(7-13)19(26)24-16-5-6-16;/h2-4,7,9,12,16-18,21H,5-6,8,10-11H2,1H3,(H,22,27)(H,24,26);1H/t17-,18+;/m1./s1. The van der Waals surface area contributed by atoms with E-state index in [0.29, 0.717) is 24.7 Å². The largest absolute Gasteiger partial charge is 0.352 e. The third kappa shape index (κ3) is 4.72. The van der Waals surface area contributed by atoms with Gasteiger partial charge in [-0.25, -0.2) is 0 Å². The lowest BCUT2D eigenvalue weighted by Crippen LogP contribution is -2.34. The fraction of sp³-hybridized carbons (Fsp3) is 0.450. The van der Waals surface area contributed by atoms with Crippen molar-refractivity contribution in [3.8, 4) is 0 Å². The summed E-state index contributed by atoms with van der Waals surface area (Å²) in [5.74, 6) is 0.00824. The molecule has 0 unspecified atom stereocenters. The van der Waals surface area contributed by atoms with Crippen LogP contribution in [0.15, 0.2) is 36.7 Å². The predicted molar refractivity (Wildman–Crippen MR) is 108 cm³/mol. The maximum absolute atomic E-state index is 12.7. The van der Waals surface area contributed by atoms with Crippen molar-refractivity contribution in [3.63, 3.8) is 0 Å². The molecule has 28 heavy (non-hydrogen) atoms. The molecule has 2 aromatic rings. The zero-order valence-electron chi connectivity index (χ0n) is 15.9. The van der Waals surface area contributed by atoms with Crippen molar-refractivity contribution in [1.82, 2.24) is 25.7 Å². The van der Waals surface area contributed by atoms with Gasteiger partial charge in [0.2, 0.25) is 5.91 Å². The molecule has 7 nitrogen and oxygen atoms in total. The molecule has 1 aromatic heterocycles. The van der Waals surface area contributed by atoms with E-state index in [1.165, 1.54) is 0 Å². The van der Waals surface area contributed by atoms with E-state index in [-0.39, 0.29) is 36.1 Å². The maximum atomic E-state index is 12.7. The highest BCUT2D eigenvalue weighted by atomic mass is 35.5. The Morgan fingerprint density at radius 2 is 2.11 bits per heavy atom. The lowest BCUT2D eigenvalue weighted by atomic mass is 9.90. The molecule has 2 amide bonds. The molecular formula is C20H26ClN5O2. The minimum Gasteiger partial charge on any atom is -0.352 e. The number of aryl methyl sites for hydroxylation is 1. The first kappa shape index (κ1) is 20.4. The van der Waals surface area contributed by atoms with Gasteiger partial charge in [-0.3, -0.25) is 14.3 Å². The molecule has 8 heteroatoms.